The first-order chi connectivity index (χ1) is 30.0. The molecule has 0 heterocycles. The van der Waals surface area contributed by atoms with E-state index in [-0.39, 0.29) is 13.0 Å². The summed E-state index contributed by atoms with van der Waals surface area (Å²) >= 11 is 0. The van der Waals surface area contributed by atoms with Gasteiger partial charge in [0.05, 0.1) is 13.2 Å². The van der Waals surface area contributed by atoms with Crippen molar-refractivity contribution >= 4 is 13.8 Å². The monoisotopic (exact) mass is 895 g/mol. The van der Waals surface area contributed by atoms with Crippen LogP contribution in [-0.2, 0) is 27.9 Å². The Labute approximate surface area is 373 Å². The second-order valence-electron chi connectivity index (χ2n) is 15.9. The molecule has 0 aromatic heterocycles. The van der Waals surface area contributed by atoms with Gasteiger partial charge in [-0.25, -0.2) is 4.57 Å². The van der Waals surface area contributed by atoms with Crippen molar-refractivity contribution in [2.45, 2.75) is 198 Å². The molecule has 0 radical (unpaired) electrons. The van der Waals surface area contributed by atoms with Crippen LogP contribution in [0.25, 0.3) is 0 Å². The van der Waals surface area contributed by atoms with E-state index in [1.807, 2.05) is 0 Å². The van der Waals surface area contributed by atoms with Gasteiger partial charge >= 0.3 is 13.8 Å². The largest absolute Gasteiger partial charge is 0.472 e. The fraction of sp³-hybridized carbons (Fsp3) is 0.694. The number of hydrogen-bond donors (Lipinski definition) is 6. The van der Waals surface area contributed by atoms with E-state index < -0.39 is 63.1 Å². The first kappa shape index (κ1) is 57.5. The van der Waals surface area contributed by atoms with Crippen molar-refractivity contribution in [2.75, 3.05) is 19.8 Å². The van der Waals surface area contributed by atoms with Gasteiger partial charge in [-0.3, -0.25) is 13.8 Å². The number of carbonyl (C=O) groups is 1. The van der Waals surface area contributed by atoms with Crippen LogP contribution >= 0.6 is 7.82 Å². The Morgan fingerprint density at radius 2 is 0.952 bits per heavy atom. The van der Waals surface area contributed by atoms with E-state index >= 15 is 0 Å². The van der Waals surface area contributed by atoms with Gasteiger partial charge in [-0.1, -0.05) is 144 Å². The smallest absolute Gasteiger partial charge is 0.457 e. The van der Waals surface area contributed by atoms with Gasteiger partial charge in [0.25, 0.3) is 0 Å². The second kappa shape index (κ2) is 38.9. The van der Waals surface area contributed by atoms with Gasteiger partial charge in [-0.15, -0.1) is 0 Å². The number of phosphoric ester groups is 1. The minimum atomic E-state index is -5.04. The zero-order chi connectivity index (χ0) is 45.5. The van der Waals surface area contributed by atoms with Gasteiger partial charge in [-0.2, -0.15) is 0 Å². The van der Waals surface area contributed by atoms with Crippen molar-refractivity contribution in [1.29, 1.82) is 0 Å². The van der Waals surface area contributed by atoms with Crippen LogP contribution in [-0.4, -0.2) is 98.9 Å². The maximum Gasteiger partial charge on any atom is 0.472 e. The summed E-state index contributed by atoms with van der Waals surface area (Å²) < 4.78 is 34.2. The van der Waals surface area contributed by atoms with Crippen LogP contribution in [0.1, 0.15) is 155 Å². The summed E-state index contributed by atoms with van der Waals surface area (Å²) in [6.07, 6.45) is 39.3. The maximum atomic E-state index is 12.8. The molecule has 6 N–H and O–H groups in total. The van der Waals surface area contributed by atoms with Gasteiger partial charge in [0.15, 0.2) is 0 Å². The normalized spacial score (nSPS) is 22.8. The van der Waals surface area contributed by atoms with E-state index in [1.54, 1.807) is 0 Å². The number of rotatable bonds is 38. The molecule has 6 unspecified atom stereocenters. The van der Waals surface area contributed by atoms with Crippen molar-refractivity contribution in [1.82, 2.24) is 0 Å². The first-order valence-corrected chi connectivity index (χ1v) is 24.9. The van der Waals surface area contributed by atoms with Crippen LogP contribution in [0.15, 0.2) is 85.1 Å². The number of unbranched alkanes of at least 4 members (excludes halogenated alkanes) is 12. The summed E-state index contributed by atoms with van der Waals surface area (Å²) in [6, 6.07) is 0. The van der Waals surface area contributed by atoms with Gasteiger partial charge in [-0.05, 0) is 89.9 Å². The summed E-state index contributed by atoms with van der Waals surface area (Å²) in [5, 5.41) is 50.2. The molecule has 0 aromatic rings. The van der Waals surface area contributed by atoms with Crippen molar-refractivity contribution in [3.05, 3.63) is 85.1 Å². The molecule has 6 atom stereocenters. The van der Waals surface area contributed by atoms with Crippen molar-refractivity contribution in [3.63, 3.8) is 0 Å². The standard InChI is InChI=1S/C49H83O12P/c1-3-5-7-9-11-13-15-17-19-21-22-23-24-26-28-30-32-34-36-38-43(50)60-42(41-59-62(56,57)61-49-47(54)45(52)44(51)46(53)48(49)55)40-58-39-37-35-33-31-29-27-25-20-18-16-14-12-10-8-6-4-2/h5,7,11-14,17-20,22-23,26,28,42,44-49,51-55H,3-4,6,8-10,15-16,21,24-25,27,29-41H2,1-2H3,(H,56,57)/b7-5-,13-11-,14-12-,19-17-,20-18-,23-22-,28-26-. The highest BCUT2D eigenvalue weighted by molar-refractivity contribution is 7.47. The number of aliphatic hydroxyl groups excluding tert-OH is 5. The zero-order valence-electron chi connectivity index (χ0n) is 37.9. The Morgan fingerprint density at radius 3 is 1.45 bits per heavy atom. The fourth-order valence-electron chi connectivity index (χ4n) is 6.53. The average Bonchev–Trinajstić information content (AvgIpc) is 3.26. The predicted octanol–water partition coefficient (Wildman–Crippen LogP) is 9.75. The molecule has 356 valence electrons. The Kier molecular flexibility index (Phi) is 36.1. The predicted molar refractivity (Wildman–Crippen MR) is 248 cm³/mol. The molecule has 1 aliphatic carbocycles. The molecule has 0 saturated heterocycles. The topological polar surface area (TPSA) is 192 Å². The molecule has 1 fully saturated rings. The lowest BCUT2D eigenvalue weighted by Crippen LogP contribution is -2.64. The lowest BCUT2D eigenvalue weighted by molar-refractivity contribution is -0.220. The van der Waals surface area contributed by atoms with Crippen LogP contribution in [0, 0.1) is 0 Å². The third-order valence-electron chi connectivity index (χ3n) is 10.3. The third kappa shape index (κ3) is 30.6. The second-order valence-corrected chi connectivity index (χ2v) is 17.3. The molecule has 1 rings (SSSR count). The molecular weight excluding hydrogens is 812 g/mol. The van der Waals surface area contributed by atoms with E-state index in [9.17, 15) is 39.8 Å². The highest BCUT2D eigenvalue weighted by Gasteiger charge is 2.51. The Balaban J connectivity index is 2.44. The molecule has 0 amide bonds. The Bertz CT molecular complexity index is 1340. The average molecular weight is 895 g/mol. The van der Waals surface area contributed by atoms with E-state index in [1.165, 1.54) is 25.7 Å². The van der Waals surface area contributed by atoms with Crippen molar-refractivity contribution < 1.29 is 58.3 Å². The van der Waals surface area contributed by atoms with E-state index in [0.717, 1.165) is 103 Å². The lowest BCUT2D eigenvalue weighted by atomic mass is 9.85. The molecular formula is C49H83O12P. The molecule has 0 aliphatic heterocycles. The highest BCUT2D eigenvalue weighted by Crippen LogP contribution is 2.47. The third-order valence-corrected chi connectivity index (χ3v) is 11.2. The van der Waals surface area contributed by atoms with Crippen molar-refractivity contribution in [2.24, 2.45) is 0 Å². The van der Waals surface area contributed by atoms with Gasteiger partial charge in [0, 0.05) is 13.0 Å². The summed E-state index contributed by atoms with van der Waals surface area (Å²) in [4.78, 5) is 23.2. The SMILES string of the molecule is CC/C=C\C/C=C\C/C=C\C/C=C\C/C=C\CCCCCC(=O)OC(COCCCCCCCC/C=C\C/C=C\CCCCC)COP(=O)(O)OC1C(O)C(O)C(O)C(O)C1O. The van der Waals surface area contributed by atoms with Crippen LogP contribution in [0.4, 0.5) is 0 Å². The molecule has 1 aliphatic rings. The van der Waals surface area contributed by atoms with Gasteiger partial charge in [0.2, 0.25) is 0 Å². The molecule has 1 saturated carbocycles. The minimum absolute atomic E-state index is 0.103. The summed E-state index contributed by atoms with van der Waals surface area (Å²) in [5.41, 5.74) is 0. The summed E-state index contributed by atoms with van der Waals surface area (Å²) in [5.74, 6) is -0.516. The van der Waals surface area contributed by atoms with Gasteiger partial charge in [0.1, 0.15) is 42.7 Å². The molecule has 13 heteroatoms. The number of phosphoric acid groups is 1. The molecule has 0 aromatic carbocycles. The first-order valence-electron chi connectivity index (χ1n) is 23.4. The number of ether oxygens (including phenoxy) is 2. The molecule has 0 spiro atoms. The fourth-order valence-corrected chi connectivity index (χ4v) is 7.50. The number of allylic oxidation sites excluding steroid dienone is 14. The Hall–Kier alpha value is -2.48. The van der Waals surface area contributed by atoms with Crippen LogP contribution in [0.3, 0.4) is 0 Å². The quantitative estimate of drug-likeness (QED) is 0.0149. The Morgan fingerprint density at radius 1 is 0.532 bits per heavy atom. The van der Waals surface area contributed by atoms with E-state index in [4.69, 9.17) is 18.5 Å². The van der Waals surface area contributed by atoms with Crippen LogP contribution in [0.5, 0.6) is 0 Å². The molecule has 62 heavy (non-hydrogen) atoms. The zero-order valence-corrected chi connectivity index (χ0v) is 38.8. The molecule has 12 nitrogen and oxygen atoms in total. The van der Waals surface area contributed by atoms with Crippen LogP contribution < -0.4 is 0 Å². The lowest BCUT2D eigenvalue weighted by Gasteiger charge is -2.41. The minimum Gasteiger partial charge on any atom is -0.457 e. The number of carbonyl (C=O) groups excluding carboxylic acids is 1. The number of aliphatic hydroxyl groups is 5. The molecule has 0 bridgehead atoms. The van der Waals surface area contributed by atoms with Crippen molar-refractivity contribution in [3.8, 4) is 0 Å². The maximum absolute atomic E-state index is 12.8. The van der Waals surface area contributed by atoms with E-state index in [2.05, 4.69) is 98.9 Å². The summed E-state index contributed by atoms with van der Waals surface area (Å²) in [6.45, 7) is 4.04. The number of hydrogen-bond acceptors (Lipinski definition) is 11. The van der Waals surface area contributed by atoms with Crippen LogP contribution in [0.2, 0.25) is 0 Å². The summed E-state index contributed by atoms with van der Waals surface area (Å²) in [7, 11) is -5.04. The number of esters is 1. The van der Waals surface area contributed by atoms with Gasteiger partial charge < -0.3 is 39.9 Å². The highest BCUT2D eigenvalue weighted by atomic mass is 31.2. The van der Waals surface area contributed by atoms with E-state index in [0.29, 0.717) is 13.0 Å².